The molecule has 0 bridgehead atoms. The fourth-order valence-electron chi connectivity index (χ4n) is 1.55. The van der Waals surface area contributed by atoms with Crippen molar-refractivity contribution in [2.45, 2.75) is 13.0 Å². The molecular formula is C12H15N3S. The minimum absolute atomic E-state index is 0.385. The summed E-state index contributed by atoms with van der Waals surface area (Å²) in [5, 5.41) is 4.37. The van der Waals surface area contributed by atoms with Crippen LogP contribution in [0.1, 0.15) is 6.92 Å². The number of nitrogens with one attached hydrogen (secondary N) is 1. The van der Waals surface area contributed by atoms with Gasteiger partial charge in [-0.1, -0.05) is 18.2 Å². The normalized spacial score (nSPS) is 12.6. The zero-order valence-electron chi connectivity index (χ0n) is 9.47. The highest BCUT2D eigenvalue weighted by Crippen LogP contribution is 2.12. The molecule has 84 valence electrons. The van der Waals surface area contributed by atoms with Gasteiger partial charge in [0.15, 0.2) is 0 Å². The van der Waals surface area contributed by atoms with E-state index in [-0.39, 0.29) is 0 Å². The van der Waals surface area contributed by atoms with E-state index >= 15 is 0 Å². The van der Waals surface area contributed by atoms with Crippen LogP contribution in [0.3, 0.4) is 0 Å². The first kappa shape index (κ1) is 11.2. The van der Waals surface area contributed by atoms with Gasteiger partial charge < -0.3 is 5.32 Å². The van der Waals surface area contributed by atoms with E-state index in [4.69, 9.17) is 0 Å². The molecule has 3 nitrogen and oxygen atoms in total. The monoisotopic (exact) mass is 233 g/mol. The molecule has 1 unspecified atom stereocenters. The smallest absolute Gasteiger partial charge is 0.223 e. The van der Waals surface area contributed by atoms with E-state index in [0.717, 1.165) is 16.7 Å². The molecule has 1 aromatic carbocycles. The Labute approximate surface area is 99.7 Å². The van der Waals surface area contributed by atoms with Gasteiger partial charge in [0.1, 0.15) is 0 Å². The third-order valence-corrected chi connectivity index (χ3v) is 3.11. The molecule has 0 aliphatic rings. The lowest BCUT2D eigenvalue weighted by molar-refractivity contribution is 0.891. The molecule has 1 aromatic heterocycles. The highest BCUT2D eigenvalue weighted by atomic mass is 32.2. The van der Waals surface area contributed by atoms with E-state index in [1.54, 1.807) is 0 Å². The molecule has 0 spiro atoms. The summed E-state index contributed by atoms with van der Waals surface area (Å²) in [6.45, 7) is 2.13. The van der Waals surface area contributed by atoms with Crippen LogP contribution in [0.2, 0.25) is 0 Å². The zero-order valence-corrected chi connectivity index (χ0v) is 10.3. The van der Waals surface area contributed by atoms with Gasteiger partial charge in [0.25, 0.3) is 0 Å². The van der Waals surface area contributed by atoms with Crippen molar-refractivity contribution in [3.63, 3.8) is 0 Å². The van der Waals surface area contributed by atoms with Gasteiger partial charge >= 0.3 is 0 Å². The quantitative estimate of drug-likeness (QED) is 0.881. The fraction of sp³-hybridized carbons (Fsp3) is 0.333. The van der Waals surface area contributed by atoms with Gasteiger partial charge in [0.05, 0.1) is 5.52 Å². The molecule has 2 rings (SSSR count). The predicted molar refractivity (Wildman–Crippen MR) is 71.0 cm³/mol. The molecule has 0 radical (unpaired) electrons. The molecule has 16 heavy (non-hydrogen) atoms. The minimum Gasteiger partial charge on any atom is -0.351 e. The van der Waals surface area contributed by atoms with E-state index in [1.165, 1.54) is 0 Å². The highest BCUT2D eigenvalue weighted by molar-refractivity contribution is 7.98. The van der Waals surface area contributed by atoms with Crippen LogP contribution in [0, 0.1) is 0 Å². The van der Waals surface area contributed by atoms with Crippen LogP contribution < -0.4 is 5.32 Å². The molecule has 0 aliphatic heterocycles. The predicted octanol–water partition coefficient (Wildman–Crippen LogP) is 2.79. The number of hydrogen-bond donors (Lipinski definition) is 1. The summed E-state index contributed by atoms with van der Waals surface area (Å²) < 4.78 is 0. The number of para-hydroxylation sites is 1. The summed E-state index contributed by atoms with van der Waals surface area (Å²) in [5.74, 6) is 1.76. The van der Waals surface area contributed by atoms with Crippen molar-refractivity contribution in [2.75, 3.05) is 17.3 Å². The number of benzene rings is 1. The second kappa shape index (κ2) is 5.16. The second-order valence-electron chi connectivity index (χ2n) is 3.75. The van der Waals surface area contributed by atoms with Crippen molar-refractivity contribution in [3.05, 3.63) is 30.5 Å². The number of anilines is 1. The largest absolute Gasteiger partial charge is 0.351 e. The standard InChI is InChI=1S/C12H15N3S/c1-9(8-16-2)14-12-13-7-10-5-3-4-6-11(10)15-12/h3-7,9H,8H2,1-2H3,(H,13,14,15). The van der Waals surface area contributed by atoms with Gasteiger partial charge in [-0.3, -0.25) is 0 Å². The van der Waals surface area contributed by atoms with Crippen molar-refractivity contribution in [1.29, 1.82) is 0 Å². The lowest BCUT2D eigenvalue weighted by atomic mass is 10.2. The van der Waals surface area contributed by atoms with Crippen molar-refractivity contribution < 1.29 is 0 Å². The lowest BCUT2D eigenvalue weighted by Gasteiger charge is -2.12. The van der Waals surface area contributed by atoms with Crippen LogP contribution in [-0.4, -0.2) is 28.0 Å². The van der Waals surface area contributed by atoms with Crippen LogP contribution in [-0.2, 0) is 0 Å². The molecule has 0 amide bonds. The van der Waals surface area contributed by atoms with Crippen LogP contribution in [0.25, 0.3) is 10.9 Å². The Morgan fingerprint density at radius 1 is 1.38 bits per heavy atom. The molecule has 0 saturated heterocycles. The van der Waals surface area contributed by atoms with Gasteiger partial charge in [-0.25, -0.2) is 9.97 Å². The van der Waals surface area contributed by atoms with Gasteiger partial charge in [-0.15, -0.1) is 0 Å². The first-order valence-corrected chi connectivity index (χ1v) is 6.66. The summed E-state index contributed by atoms with van der Waals surface area (Å²) in [5.41, 5.74) is 0.983. The molecule has 1 N–H and O–H groups in total. The second-order valence-corrected chi connectivity index (χ2v) is 4.66. The Hall–Kier alpha value is -1.29. The Bertz CT molecular complexity index is 473. The fourth-order valence-corrected chi connectivity index (χ4v) is 2.14. The van der Waals surface area contributed by atoms with Gasteiger partial charge in [0.2, 0.25) is 5.95 Å². The summed E-state index contributed by atoms with van der Waals surface area (Å²) >= 11 is 1.81. The average molecular weight is 233 g/mol. The van der Waals surface area contributed by atoms with Gasteiger partial charge in [0, 0.05) is 23.4 Å². The molecular weight excluding hydrogens is 218 g/mol. The van der Waals surface area contributed by atoms with Crippen molar-refractivity contribution in [1.82, 2.24) is 9.97 Å². The number of hydrogen-bond acceptors (Lipinski definition) is 4. The van der Waals surface area contributed by atoms with Crippen molar-refractivity contribution in [3.8, 4) is 0 Å². The van der Waals surface area contributed by atoms with Crippen LogP contribution in [0.5, 0.6) is 0 Å². The third kappa shape index (κ3) is 2.64. The topological polar surface area (TPSA) is 37.8 Å². The Kier molecular flexibility index (Phi) is 3.62. The van der Waals surface area contributed by atoms with Crippen LogP contribution >= 0.6 is 11.8 Å². The summed E-state index contributed by atoms with van der Waals surface area (Å²) in [7, 11) is 0. The van der Waals surface area contributed by atoms with E-state index in [0.29, 0.717) is 12.0 Å². The summed E-state index contributed by atoms with van der Waals surface area (Å²) in [6, 6.07) is 8.39. The number of nitrogens with zero attached hydrogens (tertiary/aromatic N) is 2. The number of rotatable bonds is 4. The molecule has 1 atom stereocenters. The minimum atomic E-state index is 0.385. The van der Waals surface area contributed by atoms with Crippen molar-refractivity contribution in [2.24, 2.45) is 0 Å². The first-order chi connectivity index (χ1) is 7.79. The maximum absolute atomic E-state index is 4.47. The van der Waals surface area contributed by atoms with E-state index < -0.39 is 0 Å². The van der Waals surface area contributed by atoms with E-state index in [2.05, 4.69) is 28.5 Å². The van der Waals surface area contributed by atoms with E-state index in [9.17, 15) is 0 Å². The lowest BCUT2D eigenvalue weighted by Crippen LogP contribution is -2.19. The molecule has 4 heteroatoms. The van der Waals surface area contributed by atoms with E-state index in [1.807, 2.05) is 42.2 Å². The third-order valence-electron chi connectivity index (χ3n) is 2.28. The molecule has 0 saturated carbocycles. The SMILES string of the molecule is CSCC(C)Nc1ncc2ccccc2n1. The summed E-state index contributed by atoms with van der Waals surface area (Å²) in [4.78, 5) is 8.76. The molecule has 1 heterocycles. The maximum Gasteiger partial charge on any atom is 0.223 e. The van der Waals surface area contributed by atoms with Crippen molar-refractivity contribution >= 4 is 28.6 Å². The van der Waals surface area contributed by atoms with Gasteiger partial charge in [-0.2, -0.15) is 11.8 Å². The molecule has 0 aliphatic carbocycles. The number of aromatic nitrogens is 2. The average Bonchev–Trinajstić information content (AvgIpc) is 2.29. The Morgan fingerprint density at radius 3 is 3.00 bits per heavy atom. The Morgan fingerprint density at radius 2 is 2.19 bits per heavy atom. The first-order valence-electron chi connectivity index (χ1n) is 5.27. The maximum atomic E-state index is 4.47. The number of fused-ring (bicyclic) bond motifs is 1. The zero-order chi connectivity index (χ0) is 11.4. The Balaban J connectivity index is 2.19. The highest BCUT2D eigenvalue weighted by Gasteiger charge is 2.03. The van der Waals surface area contributed by atoms with Gasteiger partial charge in [-0.05, 0) is 19.2 Å². The van der Waals surface area contributed by atoms with Crippen LogP contribution in [0.15, 0.2) is 30.5 Å². The molecule has 2 aromatic rings. The molecule has 0 fully saturated rings. The summed E-state index contributed by atoms with van der Waals surface area (Å²) in [6.07, 6.45) is 3.95. The number of thioether (sulfide) groups is 1. The van der Waals surface area contributed by atoms with Crippen LogP contribution in [0.4, 0.5) is 5.95 Å².